The highest BCUT2D eigenvalue weighted by atomic mass is 35.5. The van der Waals surface area contributed by atoms with E-state index >= 15 is 0 Å². The van der Waals surface area contributed by atoms with Crippen molar-refractivity contribution in [3.63, 3.8) is 0 Å². The molecule has 0 saturated carbocycles. The van der Waals surface area contributed by atoms with Gasteiger partial charge in [-0.1, -0.05) is 23.7 Å². The fourth-order valence-electron chi connectivity index (χ4n) is 2.92. The van der Waals surface area contributed by atoms with Crippen molar-refractivity contribution in [1.82, 2.24) is 5.43 Å². The molecule has 3 aromatic carbocycles. The number of benzene rings is 3. The summed E-state index contributed by atoms with van der Waals surface area (Å²) < 4.78 is 11.0. The maximum Gasteiger partial charge on any atom is 0.271 e. The first-order valence-electron chi connectivity index (χ1n) is 10.1. The number of halogens is 1. The fraction of sp³-hybridized carbons (Fsp3) is 0.160. The second-order valence-electron chi connectivity index (χ2n) is 7.27. The van der Waals surface area contributed by atoms with Crippen LogP contribution in [0.15, 0.2) is 65.8 Å². The van der Waals surface area contributed by atoms with Crippen molar-refractivity contribution in [3.8, 4) is 11.5 Å². The molecule has 7 nitrogen and oxygen atoms in total. The summed E-state index contributed by atoms with van der Waals surface area (Å²) in [4.78, 5) is 24.4. The predicted molar refractivity (Wildman–Crippen MR) is 130 cm³/mol. The van der Waals surface area contributed by atoms with Crippen molar-refractivity contribution >= 4 is 35.3 Å². The number of hydrogen-bond donors (Lipinski definition) is 2. The molecule has 0 saturated heterocycles. The molecule has 0 aliphatic heterocycles. The molecule has 170 valence electrons. The van der Waals surface area contributed by atoms with Crippen LogP contribution < -0.4 is 20.2 Å². The molecule has 2 amide bonds. The summed E-state index contributed by atoms with van der Waals surface area (Å²) in [5.74, 6) is 0.212. The Balaban J connectivity index is 1.58. The monoisotopic (exact) mass is 465 g/mol. The largest absolute Gasteiger partial charge is 0.493 e. The Bertz CT molecular complexity index is 1180. The minimum Gasteiger partial charge on any atom is -0.493 e. The van der Waals surface area contributed by atoms with E-state index in [0.717, 1.165) is 16.8 Å². The zero-order valence-corrected chi connectivity index (χ0v) is 19.3. The van der Waals surface area contributed by atoms with Crippen LogP contribution >= 0.6 is 11.6 Å². The van der Waals surface area contributed by atoms with E-state index in [1.54, 1.807) is 42.5 Å². The maximum atomic E-state index is 12.3. The number of nitrogens with one attached hydrogen (secondary N) is 2. The summed E-state index contributed by atoms with van der Waals surface area (Å²) in [6.45, 7) is 3.72. The maximum absolute atomic E-state index is 12.3. The van der Waals surface area contributed by atoms with Crippen molar-refractivity contribution in [2.24, 2.45) is 5.10 Å². The molecule has 0 heterocycles. The van der Waals surface area contributed by atoms with Crippen LogP contribution in [0.1, 0.15) is 27.0 Å². The lowest BCUT2D eigenvalue weighted by atomic mass is 10.1. The predicted octanol–water partition coefficient (Wildman–Crippen LogP) is 4.75. The second-order valence-corrected chi connectivity index (χ2v) is 7.71. The van der Waals surface area contributed by atoms with E-state index in [2.05, 4.69) is 15.8 Å². The molecular formula is C25H24ClN3O4. The number of aryl methyl sites for hydroxylation is 2. The topological polar surface area (TPSA) is 89.0 Å². The van der Waals surface area contributed by atoms with Crippen molar-refractivity contribution in [2.75, 3.05) is 19.0 Å². The molecule has 0 radical (unpaired) electrons. The molecule has 0 atom stereocenters. The van der Waals surface area contributed by atoms with Crippen molar-refractivity contribution in [3.05, 3.63) is 87.9 Å². The minimum atomic E-state index is -0.357. The van der Waals surface area contributed by atoms with E-state index in [1.165, 1.54) is 13.3 Å². The van der Waals surface area contributed by atoms with E-state index in [4.69, 9.17) is 21.1 Å². The summed E-state index contributed by atoms with van der Waals surface area (Å²) in [5, 5.41) is 7.36. The first-order chi connectivity index (χ1) is 15.9. The van der Waals surface area contributed by atoms with E-state index < -0.39 is 0 Å². The van der Waals surface area contributed by atoms with Gasteiger partial charge in [0, 0.05) is 16.3 Å². The third-order valence-corrected chi connectivity index (χ3v) is 4.95. The van der Waals surface area contributed by atoms with Gasteiger partial charge in [-0.3, -0.25) is 9.59 Å². The highest BCUT2D eigenvalue weighted by Crippen LogP contribution is 2.27. The number of carbonyl (C=O) groups is 2. The van der Waals surface area contributed by atoms with Crippen LogP contribution in [0.3, 0.4) is 0 Å². The van der Waals surface area contributed by atoms with Crippen LogP contribution in [-0.4, -0.2) is 31.7 Å². The number of carbonyl (C=O) groups excluding carboxylic acids is 2. The van der Waals surface area contributed by atoms with Gasteiger partial charge in [0.25, 0.3) is 11.8 Å². The summed E-state index contributed by atoms with van der Waals surface area (Å²) in [5.41, 5.74) is 6.35. The third-order valence-electron chi connectivity index (χ3n) is 4.70. The average Bonchev–Trinajstić information content (AvgIpc) is 2.80. The molecule has 0 aliphatic rings. The van der Waals surface area contributed by atoms with E-state index in [1.807, 2.05) is 32.0 Å². The highest BCUT2D eigenvalue weighted by molar-refractivity contribution is 6.30. The standard InChI is InChI=1S/C25H24ClN3O4/c1-16-4-5-17(2)21(12-16)28-24(30)15-33-22-11-6-18(13-23(22)32-3)14-27-29-25(31)19-7-9-20(26)10-8-19/h4-14H,15H2,1-3H3,(H,28,30)(H,29,31)/b27-14+. The van der Waals surface area contributed by atoms with Crippen LogP contribution in [0, 0.1) is 13.8 Å². The van der Waals surface area contributed by atoms with Crippen LogP contribution in [0.5, 0.6) is 11.5 Å². The first kappa shape index (κ1) is 23.8. The fourth-order valence-corrected chi connectivity index (χ4v) is 3.04. The lowest BCUT2D eigenvalue weighted by Gasteiger charge is -2.12. The number of hydrogen-bond acceptors (Lipinski definition) is 5. The second kappa shape index (κ2) is 11.2. The van der Waals surface area contributed by atoms with E-state index in [0.29, 0.717) is 27.6 Å². The molecule has 3 aromatic rings. The molecule has 8 heteroatoms. The number of anilines is 1. The first-order valence-corrected chi connectivity index (χ1v) is 10.5. The Morgan fingerprint density at radius 1 is 1.00 bits per heavy atom. The highest BCUT2D eigenvalue weighted by Gasteiger charge is 2.10. The Kier molecular flexibility index (Phi) is 8.05. The van der Waals surface area contributed by atoms with E-state index in [-0.39, 0.29) is 18.4 Å². The molecule has 0 fully saturated rings. The van der Waals surface area contributed by atoms with Crippen LogP contribution in [0.25, 0.3) is 0 Å². The van der Waals surface area contributed by atoms with Crippen LogP contribution in [0.2, 0.25) is 5.02 Å². The molecule has 0 aliphatic carbocycles. The summed E-state index contributed by atoms with van der Waals surface area (Å²) in [7, 11) is 1.50. The van der Waals surface area contributed by atoms with Gasteiger partial charge in [-0.15, -0.1) is 0 Å². The third kappa shape index (κ3) is 6.82. The summed E-state index contributed by atoms with van der Waals surface area (Å²) in [6.07, 6.45) is 1.48. The molecular weight excluding hydrogens is 442 g/mol. The molecule has 0 unspecified atom stereocenters. The number of hydrazone groups is 1. The van der Waals surface area contributed by atoms with Gasteiger partial charge in [-0.2, -0.15) is 5.10 Å². The average molecular weight is 466 g/mol. The normalized spacial score (nSPS) is 10.7. The zero-order valence-electron chi connectivity index (χ0n) is 18.5. The van der Waals surface area contributed by atoms with Crippen molar-refractivity contribution < 1.29 is 19.1 Å². The van der Waals surface area contributed by atoms with Gasteiger partial charge in [-0.25, -0.2) is 5.43 Å². The smallest absolute Gasteiger partial charge is 0.271 e. The Labute approximate surface area is 197 Å². The number of methoxy groups -OCH3 is 1. The van der Waals surface area contributed by atoms with Gasteiger partial charge < -0.3 is 14.8 Å². The van der Waals surface area contributed by atoms with Gasteiger partial charge in [0.05, 0.1) is 13.3 Å². The van der Waals surface area contributed by atoms with Gasteiger partial charge in [-0.05, 0) is 79.1 Å². The zero-order chi connectivity index (χ0) is 23.8. The Hall–Kier alpha value is -3.84. The lowest BCUT2D eigenvalue weighted by Crippen LogP contribution is -2.21. The quantitative estimate of drug-likeness (QED) is 0.371. The summed E-state index contributed by atoms with van der Waals surface area (Å²) >= 11 is 5.82. The molecule has 0 spiro atoms. The number of amides is 2. The molecule has 0 bridgehead atoms. The molecule has 2 N–H and O–H groups in total. The number of nitrogens with zero attached hydrogens (tertiary/aromatic N) is 1. The van der Waals surface area contributed by atoms with Crippen LogP contribution in [0.4, 0.5) is 5.69 Å². The van der Waals surface area contributed by atoms with Gasteiger partial charge in [0.15, 0.2) is 18.1 Å². The number of rotatable bonds is 8. The van der Waals surface area contributed by atoms with Gasteiger partial charge in [0.2, 0.25) is 0 Å². The SMILES string of the molecule is COc1cc(/C=N/NC(=O)c2ccc(Cl)cc2)ccc1OCC(=O)Nc1cc(C)ccc1C. The van der Waals surface area contributed by atoms with Gasteiger partial charge >= 0.3 is 0 Å². The van der Waals surface area contributed by atoms with Crippen molar-refractivity contribution in [2.45, 2.75) is 13.8 Å². The minimum absolute atomic E-state index is 0.172. The van der Waals surface area contributed by atoms with E-state index in [9.17, 15) is 9.59 Å². The summed E-state index contributed by atoms with van der Waals surface area (Å²) in [6, 6.07) is 17.4. The van der Waals surface area contributed by atoms with Gasteiger partial charge in [0.1, 0.15) is 0 Å². The van der Waals surface area contributed by atoms with Crippen molar-refractivity contribution in [1.29, 1.82) is 0 Å². The molecule has 3 rings (SSSR count). The molecule has 0 aromatic heterocycles. The Morgan fingerprint density at radius 2 is 1.76 bits per heavy atom. The molecule has 33 heavy (non-hydrogen) atoms. The Morgan fingerprint density at radius 3 is 2.48 bits per heavy atom. The number of ether oxygens (including phenoxy) is 2. The lowest BCUT2D eigenvalue weighted by molar-refractivity contribution is -0.118. The van der Waals surface area contributed by atoms with Crippen LogP contribution in [-0.2, 0) is 4.79 Å².